The van der Waals surface area contributed by atoms with Crippen LogP contribution < -0.4 is 10.6 Å². The molecule has 0 bridgehead atoms. The van der Waals surface area contributed by atoms with Crippen molar-refractivity contribution in [2.24, 2.45) is 5.92 Å². The molecule has 1 heterocycles. The minimum atomic E-state index is -0.528. The molecule has 1 aromatic rings. The van der Waals surface area contributed by atoms with E-state index in [0.29, 0.717) is 12.5 Å². The van der Waals surface area contributed by atoms with E-state index in [9.17, 15) is 14.9 Å². The van der Waals surface area contributed by atoms with Crippen molar-refractivity contribution in [3.8, 4) is 0 Å². The molecule has 1 fully saturated rings. The summed E-state index contributed by atoms with van der Waals surface area (Å²) in [6.45, 7) is 2.61. The molecule has 1 saturated heterocycles. The van der Waals surface area contributed by atoms with Crippen LogP contribution in [-0.2, 0) is 0 Å². The van der Waals surface area contributed by atoms with Gasteiger partial charge in [0.25, 0.3) is 11.6 Å². The predicted octanol–water partition coefficient (Wildman–Crippen LogP) is 1.71. The number of nitro groups is 1. The minimum Gasteiger partial charge on any atom is -0.352 e. The molecule has 1 unspecified atom stereocenters. The Kier molecular flexibility index (Phi) is 5.06. The molecule has 0 saturated carbocycles. The highest BCUT2D eigenvalue weighted by molar-refractivity contribution is 5.98. The molecule has 1 amide bonds. The molecule has 20 heavy (non-hydrogen) atoms. The Bertz CT molecular complexity index is 484. The number of nitrogens with one attached hydrogen (secondary N) is 2. The lowest BCUT2D eigenvalue weighted by Gasteiger charge is -2.22. The zero-order valence-corrected chi connectivity index (χ0v) is 11.3. The zero-order valence-electron chi connectivity index (χ0n) is 11.3. The summed E-state index contributed by atoms with van der Waals surface area (Å²) in [5, 5.41) is 17.0. The van der Waals surface area contributed by atoms with Gasteiger partial charge in [0, 0.05) is 12.6 Å². The Labute approximate surface area is 117 Å². The summed E-state index contributed by atoms with van der Waals surface area (Å²) in [6, 6.07) is 6.02. The SMILES string of the molecule is O=C(NCCC1CCCNC1)c1ccccc1[N+](=O)[O-]. The lowest BCUT2D eigenvalue weighted by atomic mass is 9.96. The van der Waals surface area contributed by atoms with Crippen molar-refractivity contribution in [1.29, 1.82) is 0 Å². The maximum Gasteiger partial charge on any atom is 0.282 e. The molecule has 108 valence electrons. The topological polar surface area (TPSA) is 84.3 Å². The van der Waals surface area contributed by atoms with Gasteiger partial charge in [-0.05, 0) is 44.3 Å². The van der Waals surface area contributed by atoms with Crippen LogP contribution >= 0.6 is 0 Å². The van der Waals surface area contributed by atoms with Gasteiger partial charge in [-0.15, -0.1) is 0 Å². The molecular formula is C14H19N3O3. The summed E-state index contributed by atoms with van der Waals surface area (Å²) in [6.07, 6.45) is 3.25. The first-order valence-electron chi connectivity index (χ1n) is 6.91. The molecule has 1 atom stereocenters. The van der Waals surface area contributed by atoms with E-state index in [-0.39, 0.29) is 17.2 Å². The summed E-state index contributed by atoms with van der Waals surface area (Å²) in [5.41, 5.74) is -0.0244. The molecule has 0 spiro atoms. The van der Waals surface area contributed by atoms with Gasteiger partial charge in [0.15, 0.2) is 0 Å². The molecule has 2 N–H and O–H groups in total. The smallest absolute Gasteiger partial charge is 0.282 e. The molecule has 0 aromatic heterocycles. The van der Waals surface area contributed by atoms with Crippen molar-refractivity contribution < 1.29 is 9.72 Å². The number of hydrogen-bond acceptors (Lipinski definition) is 4. The first kappa shape index (κ1) is 14.5. The number of hydrogen-bond donors (Lipinski definition) is 2. The van der Waals surface area contributed by atoms with Crippen LogP contribution in [0, 0.1) is 16.0 Å². The normalized spacial score (nSPS) is 18.5. The van der Waals surface area contributed by atoms with E-state index < -0.39 is 4.92 Å². The van der Waals surface area contributed by atoms with Crippen LogP contribution in [0.1, 0.15) is 29.6 Å². The maximum absolute atomic E-state index is 12.0. The lowest BCUT2D eigenvalue weighted by Crippen LogP contribution is -2.33. The monoisotopic (exact) mass is 277 g/mol. The fourth-order valence-corrected chi connectivity index (χ4v) is 2.48. The van der Waals surface area contributed by atoms with Crippen molar-refractivity contribution >= 4 is 11.6 Å². The van der Waals surface area contributed by atoms with Gasteiger partial charge in [0.1, 0.15) is 5.56 Å². The fraction of sp³-hybridized carbons (Fsp3) is 0.500. The molecule has 2 rings (SSSR count). The van der Waals surface area contributed by atoms with Crippen molar-refractivity contribution in [3.63, 3.8) is 0 Å². The number of nitrogens with zero attached hydrogens (tertiary/aromatic N) is 1. The van der Waals surface area contributed by atoms with E-state index in [1.165, 1.54) is 25.0 Å². The van der Waals surface area contributed by atoms with Gasteiger partial charge < -0.3 is 10.6 Å². The van der Waals surface area contributed by atoms with Gasteiger partial charge in [-0.2, -0.15) is 0 Å². The summed E-state index contributed by atoms with van der Waals surface area (Å²) in [4.78, 5) is 22.3. The van der Waals surface area contributed by atoms with Crippen molar-refractivity contribution in [2.75, 3.05) is 19.6 Å². The van der Waals surface area contributed by atoms with Gasteiger partial charge >= 0.3 is 0 Å². The average Bonchev–Trinajstić information content (AvgIpc) is 2.48. The van der Waals surface area contributed by atoms with E-state index in [4.69, 9.17) is 0 Å². The number of amides is 1. The largest absolute Gasteiger partial charge is 0.352 e. The second-order valence-corrected chi connectivity index (χ2v) is 5.03. The summed E-state index contributed by atoms with van der Waals surface area (Å²) < 4.78 is 0. The van der Waals surface area contributed by atoms with Gasteiger partial charge in [-0.25, -0.2) is 0 Å². The summed E-state index contributed by atoms with van der Waals surface area (Å²) in [5.74, 6) is 0.205. The molecule has 0 radical (unpaired) electrons. The predicted molar refractivity (Wildman–Crippen MR) is 75.6 cm³/mol. The second-order valence-electron chi connectivity index (χ2n) is 5.03. The molecule has 6 heteroatoms. The van der Waals surface area contributed by atoms with Gasteiger partial charge in [-0.3, -0.25) is 14.9 Å². The Morgan fingerprint density at radius 3 is 2.95 bits per heavy atom. The summed E-state index contributed by atoms with van der Waals surface area (Å²) >= 11 is 0. The minimum absolute atomic E-state index is 0.124. The molecule has 6 nitrogen and oxygen atoms in total. The third-order valence-corrected chi connectivity index (χ3v) is 3.58. The third kappa shape index (κ3) is 3.77. The second kappa shape index (κ2) is 7.00. The number of rotatable bonds is 5. The van der Waals surface area contributed by atoms with Crippen molar-refractivity contribution in [3.05, 3.63) is 39.9 Å². The highest BCUT2D eigenvalue weighted by Crippen LogP contribution is 2.17. The number of para-hydroxylation sites is 1. The Morgan fingerprint density at radius 2 is 2.25 bits per heavy atom. The van der Waals surface area contributed by atoms with Crippen LogP contribution in [0.5, 0.6) is 0 Å². The highest BCUT2D eigenvalue weighted by Gasteiger charge is 2.19. The molecule has 1 aliphatic rings. The Hall–Kier alpha value is -1.95. The zero-order chi connectivity index (χ0) is 14.4. The van der Waals surface area contributed by atoms with E-state index in [1.54, 1.807) is 12.1 Å². The third-order valence-electron chi connectivity index (χ3n) is 3.58. The van der Waals surface area contributed by atoms with E-state index in [1.807, 2.05) is 0 Å². The van der Waals surface area contributed by atoms with Gasteiger partial charge in [-0.1, -0.05) is 12.1 Å². The van der Waals surface area contributed by atoms with E-state index >= 15 is 0 Å². The van der Waals surface area contributed by atoms with Crippen molar-refractivity contribution in [1.82, 2.24) is 10.6 Å². The molecule has 1 aromatic carbocycles. The van der Waals surface area contributed by atoms with Gasteiger partial charge in [0.2, 0.25) is 0 Å². The first-order chi connectivity index (χ1) is 9.68. The van der Waals surface area contributed by atoms with Crippen LogP contribution in [-0.4, -0.2) is 30.5 Å². The number of piperidine rings is 1. The van der Waals surface area contributed by atoms with E-state index in [0.717, 1.165) is 19.5 Å². The number of nitro benzene ring substituents is 1. The summed E-state index contributed by atoms with van der Waals surface area (Å²) in [7, 11) is 0. The fourth-order valence-electron chi connectivity index (χ4n) is 2.48. The number of carbonyl (C=O) groups is 1. The van der Waals surface area contributed by atoms with Crippen LogP contribution in [0.25, 0.3) is 0 Å². The number of benzene rings is 1. The Morgan fingerprint density at radius 1 is 1.45 bits per heavy atom. The standard InChI is InChI=1S/C14H19N3O3/c18-14(12-5-1-2-6-13(12)17(19)20)16-9-7-11-4-3-8-15-10-11/h1-2,5-6,11,15H,3-4,7-10H2,(H,16,18). The van der Waals surface area contributed by atoms with Crippen LogP contribution in [0.15, 0.2) is 24.3 Å². The van der Waals surface area contributed by atoms with Crippen molar-refractivity contribution in [2.45, 2.75) is 19.3 Å². The Balaban J connectivity index is 1.87. The lowest BCUT2D eigenvalue weighted by molar-refractivity contribution is -0.385. The van der Waals surface area contributed by atoms with Crippen LogP contribution in [0.2, 0.25) is 0 Å². The maximum atomic E-state index is 12.0. The molecular weight excluding hydrogens is 258 g/mol. The first-order valence-corrected chi connectivity index (χ1v) is 6.91. The average molecular weight is 277 g/mol. The van der Waals surface area contributed by atoms with Crippen LogP contribution in [0.3, 0.4) is 0 Å². The van der Waals surface area contributed by atoms with E-state index in [2.05, 4.69) is 10.6 Å². The quantitative estimate of drug-likeness (QED) is 0.634. The molecule has 0 aliphatic carbocycles. The van der Waals surface area contributed by atoms with Gasteiger partial charge in [0.05, 0.1) is 4.92 Å². The highest BCUT2D eigenvalue weighted by atomic mass is 16.6. The van der Waals surface area contributed by atoms with Crippen LogP contribution in [0.4, 0.5) is 5.69 Å². The number of carbonyl (C=O) groups excluding carboxylic acids is 1. The molecule has 1 aliphatic heterocycles.